The second kappa shape index (κ2) is 11.0. The Labute approximate surface area is 221 Å². The maximum absolute atomic E-state index is 15.3. The summed E-state index contributed by atoms with van der Waals surface area (Å²) in [5.41, 5.74) is 2.74. The lowest BCUT2D eigenvalue weighted by Crippen LogP contribution is -2.37. The van der Waals surface area contributed by atoms with Crippen LogP contribution in [0.1, 0.15) is 63.0 Å². The molecule has 0 unspecified atom stereocenters. The van der Waals surface area contributed by atoms with Gasteiger partial charge in [-0.1, -0.05) is 30.7 Å². The monoisotopic (exact) mass is 527 g/mol. The summed E-state index contributed by atoms with van der Waals surface area (Å²) >= 11 is 6.48. The first-order chi connectivity index (χ1) is 17.7. The number of Topliss-reactive ketones (excluding diaryl/α,β-unsaturated/α-hetero) is 1. The highest BCUT2D eigenvalue weighted by Gasteiger charge is 2.43. The Morgan fingerprint density at radius 2 is 1.89 bits per heavy atom. The molecule has 0 saturated carbocycles. The molecule has 0 bridgehead atoms. The summed E-state index contributed by atoms with van der Waals surface area (Å²) in [5.74, 6) is -1.29. The van der Waals surface area contributed by atoms with Gasteiger partial charge in [0.2, 0.25) is 0 Å². The summed E-state index contributed by atoms with van der Waals surface area (Å²) in [7, 11) is 3.13. The van der Waals surface area contributed by atoms with E-state index in [4.69, 9.17) is 25.8 Å². The molecule has 2 aromatic rings. The van der Waals surface area contributed by atoms with Crippen molar-refractivity contribution in [1.82, 2.24) is 5.32 Å². The van der Waals surface area contributed by atoms with Gasteiger partial charge in [-0.05, 0) is 62.4 Å². The molecule has 0 saturated heterocycles. The van der Waals surface area contributed by atoms with Crippen LogP contribution in [-0.2, 0) is 14.3 Å². The van der Waals surface area contributed by atoms with Crippen LogP contribution in [0, 0.1) is 5.82 Å². The van der Waals surface area contributed by atoms with Crippen molar-refractivity contribution in [1.29, 1.82) is 0 Å². The molecule has 0 radical (unpaired) electrons. The average Bonchev–Trinajstić information content (AvgIpc) is 2.87. The lowest BCUT2D eigenvalue weighted by atomic mass is 9.71. The quantitative estimate of drug-likeness (QED) is 0.432. The van der Waals surface area contributed by atoms with Gasteiger partial charge in [-0.15, -0.1) is 0 Å². The number of carbonyl (C=O) groups excluding carboxylic acids is 2. The number of esters is 1. The Bertz CT molecular complexity index is 1280. The van der Waals surface area contributed by atoms with Gasteiger partial charge in [0, 0.05) is 34.0 Å². The molecular formula is C29H31ClFNO5. The number of nitrogens with one attached hydrogen (secondary N) is 1. The number of allylic oxidation sites excluding steroid dienone is 3. The van der Waals surface area contributed by atoms with Crippen molar-refractivity contribution in [3.8, 4) is 11.5 Å². The summed E-state index contributed by atoms with van der Waals surface area (Å²) in [4.78, 5) is 27.1. The van der Waals surface area contributed by atoms with Crippen LogP contribution in [-0.4, -0.2) is 32.1 Å². The highest BCUT2D eigenvalue weighted by atomic mass is 35.5. The Morgan fingerprint density at radius 1 is 1.16 bits per heavy atom. The van der Waals surface area contributed by atoms with E-state index in [1.54, 1.807) is 34.1 Å². The molecule has 3 atom stereocenters. The van der Waals surface area contributed by atoms with E-state index in [0.29, 0.717) is 41.3 Å². The van der Waals surface area contributed by atoms with Gasteiger partial charge >= 0.3 is 5.97 Å². The average molecular weight is 528 g/mol. The van der Waals surface area contributed by atoms with E-state index < -0.39 is 17.7 Å². The lowest BCUT2D eigenvalue weighted by molar-refractivity contribution is -0.144. The van der Waals surface area contributed by atoms with Crippen LogP contribution in [0.2, 0.25) is 5.02 Å². The standard InChI is InChI=1S/C29H31ClFNO5/c1-6-15(2)37-29(34)25-16(3)32-21-12-18(17-10-11-23(35-4)24(14-17)36-5)13-22(33)27(21)28(25)26-19(30)8-7-9-20(26)31/h7-11,14-15,18,28,32H,6,12-13H2,1-5H3/t15-,18-,28-/m0/s1. The number of benzene rings is 2. The molecular weight excluding hydrogens is 497 g/mol. The van der Waals surface area contributed by atoms with E-state index in [1.807, 2.05) is 25.1 Å². The van der Waals surface area contributed by atoms with Crippen molar-refractivity contribution in [3.63, 3.8) is 0 Å². The van der Waals surface area contributed by atoms with Crippen LogP contribution in [0.5, 0.6) is 11.5 Å². The smallest absolute Gasteiger partial charge is 0.337 e. The van der Waals surface area contributed by atoms with Gasteiger partial charge in [0.1, 0.15) is 5.82 Å². The zero-order chi connectivity index (χ0) is 26.9. The zero-order valence-corrected chi connectivity index (χ0v) is 22.4. The van der Waals surface area contributed by atoms with E-state index >= 15 is 4.39 Å². The van der Waals surface area contributed by atoms with Crippen molar-refractivity contribution in [3.05, 3.63) is 80.9 Å². The number of hydrogen-bond acceptors (Lipinski definition) is 6. The number of rotatable bonds is 7. The first-order valence-electron chi connectivity index (χ1n) is 12.3. The van der Waals surface area contributed by atoms with Crippen molar-refractivity contribution in [2.24, 2.45) is 0 Å². The van der Waals surface area contributed by atoms with Crippen LogP contribution in [0.4, 0.5) is 4.39 Å². The van der Waals surface area contributed by atoms with Crippen molar-refractivity contribution < 1.29 is 28.2 Å². The molecule has 1 N–H and O–H groups in total. The Hall–Kier alpha value is -3.32. The fraction of sp³-hybridized carbons (Fsp3) is 0.379. The molecule has 37 heavy (non-hydrogen) atoms. The predicted octanol–water partition coefficient (Wildman–Crippen LogP) is 6.20. The van der Waals surface area contributed by atoms with Crippen LogP contribution < -0.4 is 14.8 Å². The largest absolute Gasteiger partial charge is 0.493 e. The fourth-order valence-electron chi connectivity index (χ4n) is 5.06. The Balaban J connectivity index is 1.81. The van der Waals surface area contributed by atoms with Gasteiger partial charge in [0.25, 0.3) is 0 Å². The number of carbonyl (C=O) groups is 2. The molecule has 2 aromatic carbocycles. The molecule has 8 heteroatoms. The molecule has 0 aromatic heterocycles. The summed E-state index contributed by atoms with van der Waals surface area (Å²) < 4.78 is 31.7. The van der Waals surface area contributed by atoms with Crippen LogP contribution in [0.15, 0.2) is 58.9 Å². The highest BCUT2D eigenvalue weighted by Crippen LogP contribution is 2.48. The second-order valence-corrected chi connectivity index (χ2v) is 9.80. The molecule has 2 aliphatic rings. The molecule has 1 heterocycles. The van der Waals surface area contributed by atoms with Crippen LogP contribution in [0.25, 0.3) is 0 Å². The maximum Gasteiger partial charge on any atom is 0.337 e. The third-order valence-electron chi connectivity index (χ3n) is 7.10. The molecule has 0 fully saturated rings. The van der Waals surface area contributed by atoms with Gasteiger partial charge in [0.15, 0.2) is 17.3 Å². The Kier molecular flexibility index (Phi) is 7.93. The third kappa shape index (κ3) is 5.10. The van der Waals surface area contributed by atoms with Gasteiger partial charge < -0.3 is 19.5 Å². The normalized spacial score (nSPS) is 20.2. The van der Waals surface area contributed by atoms with Crippen molar-refractivity contribution >= 4 is 23.4 Å². The second-order valence-electron chi connectivity index (χ2n) is 9.39. The van der Waals surface area contributed by atoms with E-state index in [9.17, 15) is 9.59 Å². The van der Waals surface area contributed by atoms with Gasteiger partial charge in [-0.2, -0.15) is 0 Å². The maximum atomic E-state index is 15.3. The molecule has 0 spiro atoms. The first-order valence-corrected chi connectivity index (χ1v) is 12.7. The van der Waals surface area contributed by atoms with Crippen molar-refractivity contribution in [2.75, 3.05) is 14.2 Å². The van der Waals surface area contributed by atoms with E-state index in [1.165, 1.54) is 12.1 Å². The molecule has 196 valence electrons. The first kappa shape index (κ1) is 26.7. The van der Waals surface area contributed by atoms with Gasteiger partial charge in [0.05, 0.1) is 31.8 Å². The van der Waals surface area contributed by atoms with E-state index in [2.05, 4.69) is 5.32 Å². The number of dihydropyridines is 1. The number of hydrogen-bond donors (Lipinski definition) is 1. The predicted molar refractivity (Wildman–Crippen MR) is 139 cm³/mol. The summed E-state index contributed by atoms with van der Waals surface area (Å²) in [5, 5.41) is 3.42. The SMILES string of the molecule is CC[C@H](C)OC(=O)C1=C(C)NC2=C(C(=O)C[C@@H](c3ccc(OC)c(OC)c3)C2)[C@@H]1c1c(F)cccc1Cl. The minimum atomic E-state index is -0.972. The topological polar surface area (TPSA) is 73.9 Å². The molecule has 1 aliphatic heterocycles. The zero-order valence-electron chi connectivity index (χ0n) is 21.6. The van der Waals surface area contributed by atoms with Crippen molar-refractivity contribution in [2.45, 2.75) is 58.0 Å². The summed E-state index contributed by atoms with van der Waals surface area (Å²) in [6.07, 6.45) is 0.961. The number of methoxy groups -OCH3 is 2. The third-order valence-corrected chi connectivity index (χ3v) is 7.43. The molecule has 1 aliphatic carbocycles. The number of ether oxygens (including phenoxy) is 3. The van der Waals surface area contributed by atoms with Crippen LogP contribution >= 0.6 is 11.6 Å². The molecule has 0 amide bonds. The summed E-state index contributed by atoms with van der Waals surface area (Å²) in [6.45, 7) is 5.44. The van der Waals surface area contributed by atoms with Gasteiger partial charge in [-0.3, -0.25) is 4.79 Å². The van der Waals surface area contributed by atoms with Gasteiger partial charge in [-0.25, -0.2) is 9.18 Å². The molecule has 6 nitrogen and oxygen atoms in total. The Morgan fingerprint density at radius 3 is 2.54 bits per heavy atom. The highest BCUT2D eigenvalue weighted by molar-refractivity contribution is 6.31. The fourth-order valence-corrected chi connectivity index (χ4v) is 5.33. The minimum Gasteiger partial charge on any atom is -0.493 e. The van der Waals surface area contributed by atoms with Crippen LogP contribution in [0.3, 0.4) is 0 Å². The van der Waals surface area contributed by atoms with E-state index in [-0.39, 0.29) is 40.4 Å². The lowest BCUT2D eigenvalue weighted by Gasteiger charge is -2.37. The summed E-state index contributed by atoms with van der Waals surface area (Å²) in [6, 6.07) is 9.95. The van der Waals surface area contributed by atoms with E-state index in [0.717, 1.165) is 5.56 Å². The minimum absolute atomic E-state index is 0.103. The molecule has 4 rings (SSSR count). The number of halogens is 2. The number of ketones is 1.